The zero-order valence-electron chi connectivity index (χ0n) is 10.4. The summed E-state index contributed by atoms with van der Waals surface area (Å²) in [4.78, 5) is 23.3. The molecule has 0 atom stereocenters. The summed E-state index contributed by atoms with van der Waals surface area (Å²) in [6.07, 6.45) is 0. The topological polar surface area (TPSA) is 86.6 Å². The van der Waals surface area contributed by atoms with Crippen LogP contribution >= 0.6 is 34.2 Å². The van der Waals surface area contributed by atoms with Crippen LogP contribution in [0.1, 0.15) is 20.7 Å². The highest BCUT2D eigenvalue weighted by molar-refractivity contribution is 14.1. The van der Waals surface area contributed by atoms with Crippen molar-refractivity contribution < 1.29 is 19.8 Å². The standard InChI is InChI=1S/C14H9ClINO4/c15-10-5-7(1-4-12(10)18)13(19)17-11-3-2-8(16)6-9(11)14(20)21/h1-6,18H,(H,17,19)(H,20,21). The van der Waals surface area contributed by atoms with Gasteiger partial charge in [0.15, 0.2) is 0 Å². The highest BCUT2D eigenvalue weighted by Crippen LogP contribution is 2.25. The Hall–Kier alpha value is -1.80. The van der Waals surface area contributed by atoms with Crippen molar-refractivity contribution in [1.82, 2.24) is 0 Å². The molecule has 7 heteroatoms. The molecule has 3 N–H and O–H groups in total. The number of aromatic carboxylic acids is 1. The second-order valence-electron chi connectivity index (χ2n) is 4.12. The van der Waals surface area contributed by atoms with Crippen molar-refractivity contribution in [3.8, 4) is 5.75 Å². The summed E-state index contributed by atoms with van der Waals surface area (Å²) in [6.45, 7) is 0. The predicted molar refractivity (Wildman–Crippen MR) is 87.2 cm³/mol. The van der Waals surface area contributed by atoms with Gasteiger partial charge in [0.05, 0.1) is 16.3 Å². The van der Waals surface area contributed by atoms with E-state index in [0.29, 0.717) is 0 Å². The number of carboxylic acid groups (broad SMARTS) is 1. The highest BCUT2D eigenvalue weighted by atomic mass is 127. The van der Waals surface area contributed by atoms with Crippen LogP contribution in [0.15, 0.2) is 36.4 Å². The summed E-state index contributed by atoms with van der Waals surface area (Å²) in [5.74, 6) is -1.78. The molecule has 0 aliphatic rings. The first kappa shape index (κ1) is 15.6. The van der Waals surface area contributed by atoms with E-state index in [2.05, 4.69) is 5.32 Å². The van der Waals surface area contributed by atoms with Gasteiger partial charge in [-0.05, 0) is 59.0 Å². The molecule has 2 rings (SSSR count). The molecular weight excluding hydrogens is 409 g/mol. The highest BCUT2D eigenvalue weighted by Gasteiger charge is 2.15. The zero-order chi connectivity index (χ0) is 15.6. The zero-order valence-corrected chi connectivity index (χ0v) is 13.3. The van der Waals surface area contributed by atoms with Crippen molar-refractivity contribution in [3.63, 3.8) is 0 Å². The van der Waals surface area contributed by atoms with Gasteiger partial charge in [0, 0.05) is 9.13 Å². The molecule has 0 heterocycles. The molecule has 21 heavy (non-hydrogen) atoms. The van der Waals surface area contributed by atoms with Crippen LogP contribution in [-0.4, -0.2) is 22.1 Å². The molecule has 0 bridgehead atoms. The van der Waals surface area contributed by atoms with Crippen LogP contribution in [0, 0.1) is 3.57 Å². The van der Waals surface area contributed by atoms with E-state index in [-0.39, 0.29) is 27.6 Å². The van der Waals surface area contributed by atoms with Crippen molar-refractivity contribution in [1.29, 1.82) is 0 Å². The Bertz CT molecular complexity index is 733. The van der Waals surface area contributed by atoms with Crippen molar-refractivity contribution >= 4 is 51.8 Å². The maximum Gasteiger partial charge on any atom is 0.337 e. The van der Waals surface area contributed by atoms with Crippen molar-refractivity contribution in [2.24, 2.45) is 0 Å². The van der Waals surface area contributed by atoms with Gasteiger partial charge in [0.1, 0.15) is 5.75 Å². The number of halogens is 2. The molecule has 0 saturated carbocycles. The number of hydrogen-bond donors (Lipinski definition) is 3. The molecule has 0 unspecified atom stereocenters. The smallest absolute Gasteiger partial charge is 0.337 e. The number of carbonyl (C=O) groups is 2. The summed E-state index contributed by atoms with van der Waals surface area (Å²) in [5, 5.41) is 21.0. The molecule has 108 valence electrons. The van der Waals surface area contributed by atoms with Gasteiger partial charge in [-0.25, -0.2) is 4.79 Å². The monoisotopic (exact) mass is 417 g/mol. The van der Waals surface area contributed by atoms with Gasteiger partial charge in [0.25, 0.3) is 5.91 Å². The lowest BCUT2D eigenvalue weighted by Gasteiger charge is -2.09. The summed E-state index contributed by atoms with van der Waals surface area (Å²) < 4.78 is 0.746. The van der Waals surface area contributed by atoms with Gasteiger partial charge in [-0.1, -0.05) is 11.6 Å². The third-order valence-corrected chi connectivity index (χ3v) is 3.64. The molecule has 2 aromatic carbocycles. The van der Waals surface area contributed by atoms with Gasteiger partial charge in [0.2, 0.25) is 0 Å². The quantitative estimate of drug-likeness (QED) is 0.666. The molecule has 0 saturated heterocycles. The van der Waals surface area contributed by atoms with Gasteiger partial charge in [-0.15, -0.1) is 0 Å². The van der Waals surface area contributed by atoms with E-state index >= 15 is 0 Å². The first-order valence-corrected chi connectivity index (χ1v) is 7.17. The molecule has 2 aromatic rings. The fraction of sp³-hybridized carbons (Fsp3) is 0. The lowest BCUT2D eigenvalue weighted by Crippen LogP contribution is -2.15. The van der Waals surface area contributed by atoms with E-state index in [1.54, 1.807) is 6.07 Å². The number of nitrogens with one attached hydrogen (secondary N) is 1. The van der Waals surface area contributed by atoms with Crippen LogP contribution in [0.2, 0.25) is 5.02 Å². The normalized spacial score (nSPS) is 10.2. The molecule has 0 aliphatic heterocycles. The van der Waals surface area contributed by atoms with Crippen molar-refractivity contribution in [3.05, 3.63) is 56.1 Å². The fourth-order valence-corrected chi connectivity index (χ4v) is 2.32. The maximum absolute atomic E-state index is 12.1. The molecule has 0 fully saturated rings. The van der Waals surface area contributed by atoms with E-state index in [1.165, 1.54) is 30.3 Å². The van der Waals surface area contributed by atoms with Crippen LogP contribution in [-0.2, 0) is 0 Å². The van der Waals surface area contributed by atoms with Gasteiger partial charge in [-0.2, -0.15) is 0 Å². The summed E-state index contributed by atoms with van der Waals surface area (Å²) in [7, 11) is 0. The van der Waals surface area contributed by atoms with Crippen LogP contribution in [0.3, 0.4) is 0 Å². The first-order valence-electron chi connectivity index (χ1n) is 5.71. The number of rotatable bonds is 3. The van der Waals surface area contributed by atoms with Crippen LogP contribution in [0.5, 0.6) is 5.75 Å². The Morgan fingerprint density at radius 2 is 1.86 bits per heavy atom. The number of hydrogen-bond acceptors (Lipinski definition) is 3. The van der Waals surface area contributed by atoms with Crippen LogP contribution in [0.25, 0.3) is 0 Å². The minimum absolute atomic E-state index is 0.000116. The number of benzene rings is 2. The second-order valence-corrected chi connectivity index (χ2v) is 5.77. The molecule has 0 spiro atoms. The Kier molecular flexibility index (Phi) is 4.69. The fourth-order valence-electron chi connectivity index (χ4n) is 1.65. The van der Waals surface area contributed by atoms with Crippen molar-refractivity contribution in [2.75, 3.05) is 5.32 Å². The second kappa shape index (κ2) is 6.31. The summed E-state index contributed by atoms with van der Waals surface area (Å²) >= 11 is 7.73. The van der Waals surface area contributed by atoms with Gasteiger partial charge < -0.3 is 15.5 Å². The molecule has 1 amide bonds. The number of phenolic OH excluding ortho intramolecular Hbond substituents is 1. The van der Waals surface area contributed by atoms with E-state index in [4.69, 9.17) is 16.7 Å². The predicted octanol–water partition coefficient (Wildman–Crippen LogP) is 3.60. The number of carbonyl (C=O) groups excluding carboxylic acids is 1. The summed E-state index contributed by atoms with van der Waals surface area (Å²) in [6, 6.07) is 8.66. The number of phenols is 1. The average molecular weight is 418 g/mol. The Morgan fingerprint density at radius 3 is 2.48 bits per heavy atom. The van der Waals surface area contributed by atoms with Gasteiger partial charge in [-0.3, -0.25) is 4.79 Å². The Morgan fingerprint density at radius 1 is 1.14 bits per heavy atom. The first-order chi connectivity index (χ1) is 9.88. The SMILES string of the molecule is O=C(Nc1ccc(I)cc1C(=O)O)c1ccc(O)c(Cl)c1. The number of anilines is 1. The number of amides is 1. The van der Waals surface area contributed by atoms with E-state index in [9.17, 15) is 14.7 Å². The van der Waals surface area contributed by atoms with E-state index in [0.717, 1.165) is 3.57 Å². The maximum atomic E-state index is 12.1. The average Bonchev–Trinajstić information content (AvgIpc) is 2.43. The van der Waals surface area contributed by atoms with E-state index < -0.39 is 11.9 Å². The van der Waals surface area contributed by atoms with Crippen LogP contribution < -0.4 is 5.32 Å². The third-order valence-electron chi connectivity index (χ3n) is 2.67. The summed E-state index contributed by atoms with van der Waals surface area (Å²) in [5.41, 5.74) is 0.407. The Balaban J connectivity index is 2.31. The Labute approximate surface area is 138 Å². The number of carboxylic acids is 1. The molecule has 0 aromatic heterocycles. The van der Waals surface area contributed by atoms with Gasteiger partial charge >= 0.3 is 5.97 Å². The molecule has 5 nitrogen and oxygen atoms in total. The molecule has 0 aliphatic carbocycles. The van der Waals surface area contributed by atoms with Crippen LogP contribution in [0.4, 0.5) is 5.69 Å². The lowest BCUT2D eigenvalue weighted by atomic mass is 10.1. The minimum atomic E-state index is -1.13. The molecular formula is C14H9ClINO4. The largest absolute Gasteiger partial charge is 0.506 e. The van der Waals surface area contributed by atoms with E-state index in [1.807, 2.05) is 22.6 Å². The molecule has 0 radical (unpaired) electrons. The third kappa shape index (κ3) is 3.64. The number of aromatic hydroxyl groups is 1. The van der Waals surface area contributed by atoms with Crippen molar-refractivity contribution in [2.45, 2.75) is 0 Å². The minimum Gasteiger partial charge on any atom is -0.506 e. The lowest BCUT2D eigenvalue weighted by molar-refractivity contribution is 0.0698.